The molecule has 10 heteroatoms. The maximum absolute atomic E-state index is 5.53. The van der Waals surface area contributed by atoms with Crippen molar-refractivity contribution in [1.82, 2.24) is 40.2 Å². The van der Waals surface area contributed by atoms with Crippen LogP contribution in [0, 0.1) is 0 Å². The van der Waals surface area contributed by atoms with Gasteiger partial charge in [-0.2, -0.15) is 10.2 Å². The van der Waals surface area contributed by atoms with Crippen molar-refractivity contribution in [3.8, 4) is 22.5 Å². The fourth-order valence-electron chi connectivity index (χ4n) is 3.56. The summed E-state index contributed by atoms with van der Waals surface area (Å²) in [5.41, 5.74) is 17.6. The molecular weight excluding hydrogens is 428 g/mol. The van der Waals surface area contributed by atoms with Gasteiger partial charge in [0.2, 0.25) is 0 Å². The van der Waals surface area contributed by atoms with Crippen molar-refractivity contribution in [3.63, 3.8) is 0 Å². The summed E-state index contributed by atoms with van der Waals surface area (Å²) >= 11 is 0. The Labute approximate surface area is 200 Å². The lowest BCUT2D eigenvalue weighted by molar-refractivity contribution is 0.337. The standard InChI is InChI=1S/2C12H17N5/c2*1-17(6-4-13)9-11-8-15-16-12(11)10-3-2-5-14-7-10/h2*2-3,5,7-8H,4,6,9,13H2,1H3,(H,15,16). The van der Waals surface area contributed by atoms with Crippen molar-refractivity contribution in [2.24, 2.45) is 11.5 Å². The van der Waals surface area contributed by atoms with Crippen LogP contribution in [0.1, 0.15) is 11.1 Å². The van der Waals surface area contributed by atoms with Crippen LogP contribution in [0.4, 0.5) is 0 Å². The van der Waals surface area contributed by atoms with Gasteiger partial charge in [-0.3, -0.25) is 20.2 Å². The van der Waals surface area contributed by atoms with E-state index in [0.29, 0.717) is 13.1 Å². The van der Waals surface area contributed by atoms with E-state index in [0.717, 1.165) is 59.8 Å². The molecule has 0 atom stereocenters. The SMILES string of the molecule is CN(CCN)Cc1cn[nH]c1-c1cccnc1.CN(CCN)Cc1cn[nH]c1-c1cccnc1. The molecule has 4 aromatic rings. The number of aromatic nitrogens is 6. The van der Waals surface area contributed by atoms with E-state index in [9.17, 15) is 0 Å². The van der Waals surface area contributed by atoms with Gasteiger partial charge in [0.15, 0.2) is 0 Å². The Balaban J connectivity index is 0.000000191. The molecule has 4 aromatic heterocycles. The highest BCUT2D eigenvalue weighted by Gasteiger charge is 2.10. The van der Waals surface area contributed by atoms with Crippen molar-refractivity contribution >= 4 is 0 Å². The Morgan fingerprint density at radius 2 is 1.15 bits per heavy atom. The monoisotopic (exact) mass is 462 g/mol. The van der Waals surface area contributed by atoms with Gasteiger partial charge in [-0.05, 0) is 38.4 Å². The molecule has 0 radical (unpaired) electrons. The summed E-state index contributed by atoms with van der Waals surface area (Å²) in [6, 6.07) is 7.88. The second kappa shape index (κ2) is 13.3. The van der Waals surface area contributed by atoms with Crippen LogP contribution < -0.4 is 11.5 Å². The van der Waals surface area contributed by atoms with Gasteiger partial charge in [-0.15, -0.1) is 0 Å². The number of pyridine rings is 2. The van der Waals surface area contributed by atoms with Crippen molar-refractivity contribution < 1.29 is 0 Å². The van der Waals surface area contributed by atoms with Crippen molar-refractivity contribution in [1.29, 1.82) is 0 Å². The first-order chi connectivity index (χ1) is 16.6. The van der Waals surface area contributed by atoms with Crippen LogP contribution in [-0.4, -0.2) is 80.4 Å². The van der Waals surface area contributed by atoms with Gasteiger partial charge in [-0.25, -0.2) is 0 Å². The Hall–Kier alpha value is -3.44. The third kappa shape index (κ3) is 7.29. The van der Waals surface area contributed by atoms with Crippen molar-refractivity contribution in [3.05, 3.63) is 72.6 Å². The lowest BCUT2D eigenvalue weighted by atomic mass is 10.1. The van der Waals surface area contributed by atoms with Gasteiger partial charge >= 0.3 is 0 Å². The summed E-state index contributed by atoms with van der Waals surface area (Å²) in [5, 5.41) is 14.2. The summed E-state index contributed by atoms with van der Waals surface area (Å²) in [5.74, 6) is 0. The fourth-order valence-corrected chi connectivity index (χ4v) is 3.56. The van der Waals surface area contributed by atoms with E-state index in [1.165, 1.54) is 0 Å². The highest BCUT2D eigenvalue weighted by molar-refractivity contribution is 5.61. The molecule has 0 spiro atoms. The Bertz CT molecular complexity index is 990. The number of hydrogen-bond donors (Lipinski definition) is 4. The van der Waals surface area contributed by atoms with Gasteiger partial charge in [0, 0.05) is 86.3 Å². The minimum absolute atomic E-state index is 0.663. The van der Waals surface area contributed by atoms with Crippen LogP contribution >= 0.6 is 0 Å². The molecule has 0 aliphatic carbocycles. The predicted molar refractivity (Wildman–Crippen MR) is 134 cm³/mol. The zero-order chi connectivity index (χ0) is 24.2. The molecule has 4 rings (SSSR count). The normalized spacial score (nSPS) is 11.0. The molecule has 0 aromatic carbocycles. The molecule has 0 bridgehead atoms. The van der Waals surface area contributed by atoms with Gasteiger partial charge in [0.25, 0.3) is 0 Å². The van der Waals surface area contributed by atoms with Crippen LogP contribution in [0.5, 0.6) is 0 Å². The van der Waals surface area contributed by atoms with Crippen LogP contribution in [0.3, 0.4) is 0 Å². The lowest BCUT2D eigenvalue weighted by Crippen LogP contribution is -2.25. The topological polar surface area (TPSA) is 142 Å². The molecular formula is C24H34N10. The molecule has 6 N–H and O–H groups in total. The van der Waals surface area contributed by atoms with Gasteiger partial charge in [-0.1, -0.05) is 0 Å². The van der Waals surface area contributed by atoms with Crippen LogP contribution in [-0.2, 0) is 13.1 Å². The van der Waals surface area contributed by atoms with Gasteiger partial charge in [0.05, 0.1) is 23.8 Å². The maximum Gasteiger partial charge on any atom is 0.0710 e. The summed E-state index contributed by atoms with van der Waals surface area (Å²) in [6.07, 6.45) is 10.9. The number of likely N-dealkylation sites (N-methyl/N-ethyl adjacent to an activating group) is 2. The van der Waals surface area contributed by atoms with Crippen molar-refractivity contribution in [2.45, 2.75) is 13.1 Å². The first kappa shape index (κ1) is 25.2. The second-order valence-corrected chi connectivity index (χ2v) is 8.08. The number of nitrogens with two attached hydrogens (primary N) is 2. The molecule has 180 valence electrons. The predicted octanol–water partition coefficient (Wildman–Crippen LogP) is 1.72. The summed E-state index contributed by atoms with van der Waals surface area (Å²) in [7, 11) is 4.10. The van der Waals surface area contributed by atoms with E-state index in [-0.39, 0.29) is 0 Å². The smallest absolute Gasteiger partial charge is 0.0710 e. The average Bonchev–Trinajstić information content (AvgIpc) is 3.50. The van der Waals surface area contributed by atoms with Crippen LogP contribution in [0.25, 0.3) is 22.5 Å². The van der Waals surface area contributed by atoms with E-state index in [2.05, 4.69) is 40.2 Å². The van der Waals surface area contributed by atoms with Crippen LogP contribution in [0.2, 0.25) is 0 Å². The highest BCUT2D eigenvalue weighted by Crippen LogP contribution is 2.21. The molecule has 0 amide bonds. The lowest BCUT2D eigenvalue weighted by Gasteiger charge is -2.15. The molecule has 0 aliphatic rings. The molecule has 4 heterocycles. The minimum Gasteiger partial charge on any atom is -0.329 e. The molecule has 0 unspecified atom stereocenters. The van der Waals surface area contributed by atoms with E-state index < -0.39 is 0 Å². The number of nitrogens with zero attached hydrogens (tertiary/aromatic N) is 6. The number of H-pyrrole nitrogens is 2. The van der Waals surface area contributed by atoms with Crippen molar-refractivity contribution in [2.75, 3.05) is 40.3 Å². The molecule has 0 fully saturated rings. The van der Waals surface area contributed by atoms with Gasteiger partial charge < -0.3 is 21.3 Å². The quantitative estimate of drug-likeness (QED) is 0.279. The number of rotatable bonds is 10. The summed E-state index contributed by atoms with van der Waals surface area (Å²) < 4.78 is 0. The molecule has 0 aliphatic heterocycles. The zero-order valence-electron chi connectivity index (χ0n) is 19.9. The molecule has 0 saturated heterocycles. The number of aromatic amines is 2. The minimum atomic E-state index is 0.663. The number of nitrogens with one attached hydrogen (secondary N) is 2. The third-order valence-corrected chi connectivity index (χ3v) is 5.24. The van der Waals surface area contributed by atoms with E-state index >= 15 is 0 Å². The largest absolute Gasteiger partial charge is 0.329 e. The third-order valence-electron chi connectivity index (χ3n) is 5.24. The van der Waals surface area contributed by atoms with E-state index in [1.807, 2.05) is 63.1 Å². The fraction of sp³-hybridized carbons (Fsp3) is 0.333. The van der Waals surface area contributed by atoms with Gasteiger partial charge in [0.1, 0.15) is 0 Å². The highest BCUT2D eigenvalue weighted by atomic mass is 15.1. The summed E-state index contributed by atoms with van der Waals surface area (Å²) in [4.78, 5) is 12.6. The Morgan fingerprint density at radius 1 is 0.706 bits per heavy atom. The Morgan fingerprint density at radius 3 is 1.50 bits per heavy atom. The summed E-state index contributed by atoms with van der Waals surface area (Å²) in [6.45, 7) is 4.73. The second-order valence-electron chi connectivity index (χ2n) is 8.08. The maximum atomic E-state index is 5.53. The van der Waals surface area contributed by atoms with Crippen LogP contribution in [0.15, 0.2) is 61.4 Å². The first-order valence-electron chi connectivity index (χ1n) is 11.2. The Kier molecular flexibility index (Phi) is 9.86. The van der Waals surface area contributed by atoms with E-state index in [4.69, 9.17) is 11.5 Å². The molecule has 10 nitrogen and oxygen atoms in total. The molecule has 34 heavy (non-hydrogen) atoms. The average molecular weight is 463 g/mol. The van der Waals surface area contributed by atoms with E-state index in [1.54, 1.807) is 12.4 Å². The zero-order valence-corrected chi connectivity index (χ0v) is 19.9. The molecule has 0 saturated carbocycles. The first-order valence-corrected chi connectivity index (χ1v) is 11.2. The number of hydrogen-bond acceptors (Lipinski definition) is 8.